The van der Waals surface area contributed by atoms with Gasteiger partial charge in [0.25, 0.3) is 0 Å². The lowest BCUT2D eigenvalue weighted by molar-refractivity contribution is -0.00650. The van der Waals surface area contributed by atoms with Crippen molar-refractivity contribution in [2.24, 2.45) is 17.6 Å². The number of fused-ring (bicyclic) bond motifs is 1. The Kier molecular flexibility index (Phi) is 5.46. The van der Waals surface area contributed by atoms with Crippen molar-refractivity contribution in [3.63, 3.8) is 0 Å². The van der Waals surface area contributed by atoms with Crippen molar-refractivity contribution >= 4 is 22.7 Å². The summed E-state index contributed by atoms with van der Waals surface area (Å²) in [4.78, 5) is 10.6. The van der Waals surface area contributed by atoms with E-state index >= 15 is 0 Å². The minimum Gasteiger partial charge on any atom is -0.390 e. The number of nitrogen functional groups attached to an aromatic ring is 1. The minimum absolute atomic E-state index is 0.00657. The van der Waals surface area contributed by atoms with Gasteiger partial charge in [0.05, 0.1) is 23.4 Å². The van der Waals surface area contributed by atoms with Gasteiger partial charge < -0.3 is 31.1 Å². The molecule has 29 heavy (non-hydrogen) atoms. The normalized spacial score (nSPS) is 32.0. The van der Waals surface area contributed by atoms with E-state index in [4.69, 9.17) is 16.9 Å². The number of aliphatic hydroxyl groups is 2. The Morgan fingerprint density at radius 1 is 1.28 bits per heavy atom. The zero-order valence-electron chi connectivity index (χ0n) is 16.8. The first-order chi connectivity index (χ1) is 13.8. The first-order valence-corrected chi connectivity index (χ1v) is 10.3. The monoisotopic (exact) mass is 401 g/mol. The van der Waals surface area contributed by atoms with E-state index in [9.17, 15) is 10.2 Å². The maximum Gasteiger partial charge on any atom is 0.145 e. The van der Waals surface area contributed by atoms with Crippen LogP contribution in [0, 0.1) is 17.2 Å². The van der Waals surface area contributed by atoms with Crippen LogP contribution in [0.5, 0.6) is 0 Å². The lowest BCUT2D eigenvalue weighted by atomic mass is 9.76. The van der Waals surface area contributed by atoms with Crippen LogP contribution in [0.3, 0.4) is 0 Å². The number of hydrogen-bond acceptors (Lipinski definition) is 7. The summed E-state index contributed by atoms with van der Waals surface area (Å²) < 4.78 is 1.92. The zero-order chi connectivity index (χ0) is 20.7. The molecule has 0 unspecified atom stereocenters. The van der Waals surface area contributed by atoms with E-state index in [1.165, 1.54) is 6.33 Å². The largest absolute Gasteiger partial charge is 0.390 e. The summed E-state index contributed by atoms with van der Waals surface area (Å²) in [6, 6.07) is 2.12. The van der Waals surface area contributed by atoms with E-state index in [0.29, 0.717) is 36.3 Å². The van der Waals surface area contributed by atoms with Crippen LogP contribution < -0.4 is 11.5 Å². The highest BCUT2D eigenvalue weighted by Gasteiger charge is 2.44. The minimum atomic E-state index is -0.843. The van der Waals surface area contributed by atoms with Gasteiger partial charge in [-0.25, -0.2) is 9.97 Å². The van der Waals surface area contributed by atoms with Crippen LogP contribution >= 0.6 is 0 Å². The fourth-order valence-electron chi connectivity index (χ4n) is 4.99. The second kappa shape index (κ2) is 7.89. The third kappa shape index (κ3) is 3.82. The lowest BCUT2D eigenvalue weighted by Crippen LogP contribution is -2.46. The molecule has 0 radical (unpaired) electrons. The van der Waals surface area contributed by atoms with Crippen molar-refractivity contribution in [3.8, 4) is 0 Å². The summed E-state index contributed by atoms with van der Waals surface area (Å²) in [7, 11) is 2.09. The molecule has 4 atom stereocenters. The number of aliphatic hydroxyl groups excluding tert-OH is 2. The summed E-state index contributed by atoms with van der Waals surface area (Å²) in [5, 5.41) is 29.5. The highest BCUT2D eigenvalue weighted by molar-refractivity contribution is 5.86. The van der Waals surface area contributed by atoms with Gasteiger partial charge in [-0.3, -0.25) is 5.41 Å². The highest BCUT2D eigenvalue weighted by atomic mass is 16.3. The average molecular weight is 402 g/mol. The Morgan fingerprint density at radius 2 is 2.03 bits per heavy atom. The van der Waals surface area contributed by atoms with Crippen LogP contribution in [0.15, 0.2) is 18.6 Å². The quantitative estimate of drug-likeness (QED) is 0.339. The number of nitrogens with one attached hydrogen (secondary N) is 1. The van der Waals surface area contributed by atoms with Gasteiger partial charge in [-0.15, -0.1) is 0 Å². The highest BCUT2D eigenvalue weighted by Crippen LogP contribution is 2.40. The van der Waals surface area contributed by atoms with Gasteiger partial charge in [0.15, 0.2) is 0 Å². The van der Waals surface area contributed by atoms with Gasteiger partial charge >= 0.3 is 0 Å². The first kappa shape index (κ1) is 20.1. The standard InChI is InChI=1S/C20H31N7O2/c1-26(13-6-11(7-13)2-3-16(21)22)9-12-8-15(18(29)17(12)28)27-5-4-14-19(23)24-10-25-20(14)27/h4-5,10-13,15,17-18,28-29H,2-3,6-9H2,1H3,(H3,21,22)(H2,23,24,25)/t11?,12-,13?,15-,17-,18+/m1/s1. The third-order valence-corrected chi connectivity index (χ3v) is 6.85. The Hall–Kier alpha value is -2.23. The molecule has 9 heteroatoms. The van der Waals surface area contributed by atoms with Gasteiger partial charge in [0.2, 0.25) is 0 Å². The second-order valence-electron chi connectivity index (χ2n) is 8.76. The number of anilines is 1. The fourth-order valence-corrected chi connectivity index (χ4v) is 4.99. The summed E-state index contributed by atoms with van der Waals surface area (Å²) in [5.74, 6) is 1.31. The molecule has 2 heterocycles. The lowest BCUT2D eigenvalue weighted by Gasteiger charge is -2.42. The van der Waals surface area contributed by atoms with Crippen molar-refractivity contribution in [1.82, 2.24) is 19.4 Å². The Balaban J connectivity index is 1.38. The molecule has 2 fully saturated rings. The van der Waals surface area contributed by atoms with E-state index in [1.807, 2.05) is 16.8 Å². The SMILES string of the molecule is CN(C[C@H]1C[C@@H](n2ccc3c(N)ncnc32)[C@H](O)[C@@H]1O)C1CC(CCC(=N)N)C1. The van der Waals surface area contributed by atoms with Crippen LogP contribution in [0.4, 0.5) is 5.82 Å². The Bertz CT molecular complexity index is 879. The summed E-state index contributed by atoms with van der Waals surface area (Å²) in [5.41, 5.74) is 12.1. The van der Waals surface area contributed by atoms with Crippen LogP contribution in [-0.2, 0) is 0 Å². The number of nitrogens with zero attached hydrogens (tertiary/aromatic N) is 4. The summed E-state index contributed by atoms with van der Waals surface area (Å²) in [6.07, 6.45) is 6.24. The molecule has 0 spiro atoms. The maximum absolute atomic E-state index is 10.7. The van der Waals surface area contributed by atoms with E-state index in [0.717, 1.165) is 31.2 Å². The molecule has 7 N–H and O–H groups in total. The van der Waals surface area contributed by atoms with E-state index in [-0.39, 0.29) is 17.8 Å². The van der Waals surface area contributed by atoms with Gasteiger partial charge in [-0.05, 0) is 44.7 Å². The molecule has 2 aromatic heterocycles. The van der Waals surface area contributed by atoms with Crippen molar-refractivity contribution in [3.05, 3.63) is 18.6 Å². The number of amidine groups is 1. The van der Waals surface area contributed by atoms with Gasteiger partial charge in [-0.1, -0.05) is 0 Å². The van der Waals surface area contributed by atoms with E-state index in [2.05, 4.69) is 21.9 Å². The summed E-state index contributed by atoms with van der Waals surface area (Å²) in [6.45, 7) is 0.745. The molecule has 0 saturated heterocycles. The van der Waals surface area contributed by atoms with Crippen molar-refractivity contribution in [1.29, 1.82) is 5.41 Å². The van der Waals surface area contributed by atoms with Gasteiger partial charge in [-0.2, -0.15) is 0 Å². The molecule has 0 aliphatic heterocycles. The summed E-state index contributed by atoms with van der Waals surface area (Å²) >= 11 is 0. The average Bonchev–Trinajstić information content (AvgIpc) is 3.17. The molecule has 2 aromatic rings. The van der Waals surface area contributed by atoms with Crippen LogP contribution in [0.2, 0.25) is 0 Å². The number of hydrogen-bond donors (Lipinski definition) is 5. The predicted molar refractivity (Wildman–Crippen MR) is 111 cm³/mol. The van der Waals surface area contributed by atoms with Gasteiger partial charge in [0.1, 0.15) is 23.9 Å². The Labute approximate surface area is 170 Å². The molecule has 2 aliphatic carbocycles. The molecule has 4 rings (SSSR count). The molecule has 0 amide bonds. The zero-order valence-corrected chi connectivity index (χ0v) is 16.8. The topological polar surface area (TPSA) is 150 Å². The Morgan fingerprint density at radius 3 is 2.76 bits per heavy atom. The fraction of sp³-hybridized carbons (Fsp3) is 0.650. The smallest absolute Gasteiger partial charge is 0.145 e. The van der Waals surface area contributed by atoms with Crippen molar-refractivity contribution in [2.45, 2.75) is 56.4 Å². The molecule has 2 aliphatic rings. The van der Waals surface area contributed by atoms with Crippen molar-refractivity contribution in [2.75, 3.05) is 19.3 Å². The van der Waals surface area contributed by atoms with Crippen LogP contribution in [-0.4, -0.2) is 67.3 Å². The van der Waals surface area contributed by atoms with Crippen molar-refractivity contribution < 1.29 is 10.2 Å². The maximum atomic E-state index is 10.7. The molecular formula is C20H31N7O2. The van der Waals surface area contributed by atoms with Crippen LogP contribution in [0.1, 0.15) is 38.1 Å². The first-order valence-electron chi connectivity index (χ1n) is 10.3. The molecule has 0 bridgehead atoms. The molecule has 2 saturated carbocycles. The predicted octanol–water partition coefficient (Wildman–Crippen LogP) is 0.723. The third-order valence-electron chi connectivity index (χ3n) is 6.85. The number of aromatic nitrogens is 3. The number of rotatable bonds is 7. The molecule has 158 valence electrons. The molecular weight excluding hydrogens is 370 g/mol. The second-order valence-corrected chi connectivity index (χ2v) is 8.76. The van der Waals surface area contributed by atoms with Gasteiger partial charge in [0, 0.05) is 31.1 Å². The van der Waals surface area contributed by atoms with E-state index < -0.39 is 12.2 Å². The number of nitrogens with two attached hydrogens (primary N) is 2. The molecule has 9 nitrogen and oxygen atoms in total. The molecule has 0 aromatic carbocycles. The van der Waals surface area contributed by atoms with E-state index in [1.54, 1.807) is 0 Å². The van der Waals surface area contributed by atoms with Crippen LogP contribution in [0.25, 0.3) is 11.0 Å².